The summed E-state index contributed by atoms with van der Waals surface area (Å²) in [6, 6.07) is 30.2. The Morgan fingerprint density at radius 2 is 1.32 bits per heavy atom. The Bertz CT molecular complexity index is 2380. The molecule has 59 heavy (non-hydrogen) atoms. The molecule has 0 atom stereocenters. The molecule has 0 unspecified atom stereocenters. The summed E-state index contributed by atoms with van der Waals surface area (Å²) in [5.74, 6) is -0.598. The Balaban J connectivity index is 1.09. The van der Waals surface area contributed by atoms with E-state index in [1.807, 2.05) is 0 Å². The highest BCUT2D eigenvalue weighted by atomic mass is 35.5. The smallest absolute Gasteiger partial charge is 0.335 e. The third kappa shape index (κ3) is 8.79. The van der Waals surface area contributed by atoms with Crippen molar-refractivity contribution in [3.05, 3.63) is 165 Å². The molecule has 0 saturated carbocycles. The van der Waals surface area contributed by atoms with Crippen LogP contribution in [0.15, 0.2) is 143 Å². The lowest BCUT2D eigenvalue weighted by molar-refractivity contribution is -0.438. The topological polar surface area (TPSA) is 99.3 Å². The number of hydrogen-bond donors (Lipinski definition) is 2. The van der Waals surface area contributed by atoms with Crippen LogP contribution in [-0.2, 0) is 10.8 Å². The lowest BCUT2D eigenvalue weighted by atomic mass is 9.81. The molecule has 1 aliphatic carbocycles. The monoisotopic (exact) mass is 811 g/mol. The van der Waals surface area contributed by atoms with E-state index < -0.39 is 11.9 Å². The van der Waals surface area contributed by atoms with Crippen molar-refractivity contribution < 1.29 is 33.9 Å². The summed E-state index contributed by atoms with van der Waals surface area (Å²) < 4.78 is 14.4. The molecule has 0 radical (unpaired) electrons. The van der Waals surface area contributed by atoms with Crippen LogP contribution in [-0.4, -0.2) is 58.7 Å². The molecule has 2 N–H and O–H groups in total. The van der Waals surface area contributed by atoms with Gasteiger partial charge < -0.3 is 24.6 Å². The number of para-hydroxylation sites is 2. The molecule has 0 amide bonds. The summed E-state index contributed by atoms with van der Waals surface area (Å²) in [4.78, 5) is 24.9. The van der Waals surface area contributed by atoms with Crippen LogP contribution in [0.25, 0.3) is 0 Å². The Morgan fingerprint density at radius 3 is 1.97 bits per heavy atom. The Morgan fingerprint density at radius 1 is 0.729 bits per heavy atom. The molecule has 4 aromatic rings. The van der Waals surface area contributed by atoms with Crippen molar-refractivity contribution in [2.24, 2.45) is 0 Å². The van der Waals surface area contributed by atoms with Crippen LogP contribution in [0.4, 0.5) is 11.4 Å². The van der Waals surface area contributed by atoms with Gasteiger partial charge in [-0.2, -0.15) is 4.58 Å². The zero-order valence-corrected chi connectivity index (χ0v) is 35.0. The third-order valence-electron chi connectivity index (χ3n) is 11.7. The first-order valence-electron chi connectivity index (χ1n) is 20.4. The number of hydrogen-bond acceptors (Lipinski definition) is 5. The third-order valence-corrected chi connectivity index (χ3v) is 12.2. The van der Waals surface area contributed by atoms with Gasteiger partial charge in [-0.05, 0) is 117 Å². The molecule has 9 heteroatoms. The first-order valence-corrected chi connectivity index (χ1v) is 20.8. The molecule has 0 saturated heterocycles. The van der Waals surface area contributed by atoms with Crippen LogP contribution in [0.3, 0.4) is 0 Å². The van der Waals surface area contributed by atoms with Crippen molar-refractivity contribution in [3.8, 4) is 11.5 Å². The maximum absolute atomic E-state index is 11.2. The zero-order chi connectivity index (χ0) is 41.7. The number of nitrogens with zero attached hydrogens (tertiary/aromatic N) is 2. The SMILES string of the molecule is CC1(C)C(/C=C/C2=C(Cl)C(=C/C=C3/N(CCCOc4ccc(C(=O)O)cc4)c4ccccc4C3(C)C)/CCC2)=[N+](CCCOc2ccc(C(=O)O)cc2)c2ccccc21. The summed E-state index contributed by atoms with van der Waals surface area (Å²) in [7, 11) is 0. The van der Waals surface area contributed by atoms with Crippen LogP contribution in [0, 0.1) is 0 Å². The molecular formula is C50H52ClN2O6+. The number of anilines is 1. The molecule has 2 aliphatic heterocycles. The fourth-order valence-electron chi connectivity index (χ4n) is 8.54. The van der Waals surface area contributed by atoms with Gasteiger partial charge in [0.2, 0.25) is 5.69 Å². The van der Waals surface area contributed by atoms with Crippen molar-refractivity contribution in [2.45, 2.75) is 70.6 Å². The largest absolute Gasteiger partial charge is 0.494 e. The number of ether oxygens (including phenoxy) is 2. The number of carboxylic acid groups (broad SMARTS) is 2. The molecule has 2 heterocycles. The molecule has 7 rings (SSSR count). The minimum absolute atomic E-state index is 0.214. The standard InChI is InChI=1S/C50H51ClN2O6/c1-49(2)40-14-5-7-16-42(40)52(30-10-32-58-38-24-18-36(19-25-38)47(54)55)44(49)28-22-34-12-9-13-35(46(34)51)23-29-45-50(3,4)41-15-6-8-17-43(41)53(45)31-11-33-59-39-26-20-37(21-27-39)48(56)57/h5-8,14-29H,9-13,30-33H2,1-4H3,(H-,54,55,56,57)/p+1. The highest BCUT2D eigenvalue weighted by Crippen LogP contribution is 2.48. The number of benzene rings is 4. The molecular weight excluding hydrogens is 760 g/mol. The number of fused-ring (bicyclic) bond motifs is 2. The van der Waals surface area contributed by atoms with E-state index in [0.717, 1.165) is 61.4 Å². The number of rotatable bonds is 15. The predicted molar refractivity (Wildman–Crippen MR) is 235 cm³/mol. The fraction of sp³-hybridized carbons (Fsp3) is 0.300. The van der Waals surface area contributed by atoms with Crippen LogP contribution in [0.1, 0.15) is 91.6 Å². The first kappa shape index (κ1) is 41.3. The van der Waals surface area contributed by atoms with Gasteiger partial charge in [-0.15, -0.1) is 0 Å². The summed E-state index contributed by atoms with van der Waals surface area (Å²) in [6.45, 7) is 11.6. The van der Waals surface area contributed by atoms with Crippen LogP contribution in [0.2, 0.25) is 0 Å². The van der Waals surface area contributed by atoms with Crippen molar-refractivity contribution in [2.75, 3.05) is 31.2 Å². The second kappa shape index (κ2) is 17.6. The second-order valence-electron chi connectivity index (χ2n) is 16.3. The van der Waals surface area contributed by atoms with E-state index in [4.69, 9.17) is 21.1 Å². The molecule has 0 spiro atoms. The summed E-state index contributed by atoms with van der Waals surface area (Å²) >= 11 is 7.28. The molecule has 4 aromatic carbocycles. The van der Waals surface area contributed by atoms with Gasteiger partial charge in [0.25, 0.3) is 0 Å². The van der Waals surface area contributed by atoms with Gasteiger partial charge in [-0.25, -0.2) is 9.59 Å². The molecule has 8 nitrogen and oxygen atoms in total. The maximum Gasteiger partial charge on any atom is 0.335 e. The number of halogens is 1. The minimum atomic E-state index is -0.954. The number of allylic oxidation sites excluding steroid dienone is 8. The molecule has 0 fully saturated rings. The Labute approximate surface area is 352 Å². The van der Waals surface area contributed by atoms with E-state index in [-0.39, 0.29) is 22.0 Å². The lowest BCUT2D eigenvalue weighted by Gasteiger charge is -2.27. The van der Waals surface area contributed by atoms with Crippen molar-refractivity contribution >= 4 is 40.6 Å². The molecule has 304 valence electrons. The molecule has 3 aliphatic rings. The van der Waals surface area contributed by atoms with E-state index >= 15 is 0 Å². The van der Waals surface area contributed by atoms with E-state index in [2.05, 4.69) is 110 Å². The van der Waals surface area contributed by atoms with Gasteiger partial charge in [-0.1, -0.05) is 74.0 Å². The average molecular weight is 812 g/mol. The first-order chi connectivity index (χ1) is 28.4. The molecule has 0 bridgehead atoms. The maximum atomic E-state index is 11.2. The van der Waals surface area contributed by atoms with Crippen LogP contribution < -0.4 is 14.4 Å². The van der Waals surface area contributed by atoms with Crippen molar-refractivity contribution in [3.63, 3.8) is 0 Å². The van der Waals surface area contributed by atoms with Gasteiger partial charge in [0, 0.05) is 52.5 Å². The van der Waals surface area contributed by atoms with E-state index in [1.165, 1.54) is 33.9 Å². The fourth-order valence-corrected chi connectivity index (χ4v) is 8.86. The average Bonchev–Trinajstić information content (AvgIpc) is 3.58. The van der Waals surface area contributed by atoms with Crippen molar-refractivity contribution in [1.29, 1.82) is 0 Å². The quantitative estimate of drug-likeness (QED) is 0.0911. The summed E-state index contributed by atoms with van der Waals surface area (Å²) in [5, 5.41) is 19.3. The minimum Gasteiger partial charge on any atom is -0.494 e. The summed E-state index contributed by atoms with van der Waals surface area (Å²) in [6.07, 6.45) is 13.3. The van der Waals surface area contributed by atoms with Gasteiger partial charge >= 0.3 is 11.9 Å². The van der Waals surface area contributed by atoms with Gasteiger partial charge in [0.05, 0.1) is 29.8 Å². The zero-order valence-electron chi connectivity index (χ0n) is 34.2. The highest BCUT2D eigenvalue weighted by Gasteiger charge is 2.44. The van der Waals surface area contributed by atoms with Crippen LogP contribution in [0.5, 0.6) is 11.5 Å². The Kier molecular flexibility index (Phi) is 12.3. The highest BCUT2D eigenvalue weighted by molar-refractivity contribution is 6.32. The number of carboxylic acids is 2. The van der Waals surface area contributed by atoms with E-state index in [9.17, 15) is 19.8 Å². The summed E-state index contributed by atoms with van der Waals surface area (Å²) in [5.41, 5.74) is 9.70. The van der Waals surface area contributed by atoms with Crippen molar-refractivity contribution in [1.82, 2.24) is 0 Å². The number of carbonyl (C=O) groups is 2. The normalized spacial score (nSPS) is 18.2. The van der Waals surface area contributed by atoms with Gasteiger partial charge in [0.1, 0.15) is 11.5 Å². The molecule has 0 aromatic heterocycles. The van der Waals surface area contributed by atoms with Gasteiger partial charge in [-0.3, -0.25) is 0 Å². The van der Waals surface area contributed by atoms with E-state index in [1.54, 1.807) is 48.5 Å². The van der Waals surface area contributed by atoms with Crippen LogP contribution >= 0.6 is 11.6 Å². The van der Waals surface area contributed by atoms with E-state index in [0.29, 0.717) is 24.7 Å². The second-order valence-corrected chi connectivity index (χ2v) is 16.7. The lowest BCUT2D eigenvalue weighted by Crippen LogP contribution is -2.28. The number of aromatic carboxylic acids is 2. The Hall–Kier alpha value is -5.86. The predicted octanol–water partition coefficient (Wildman–Crippen LogP) is 11.2. The van der Waals surface area contributed by atoms with Gasteiger partial charge in [0.15, 0.2) is 12.3 Å².